The van der Waals surface area contributed by atoms with Crippen LogP contribution in [0.3, 0.4) is 0 Å². The van der Waals surface area contributed by atoms with Gasteiger partial charge in [0.2, 0.25) is 0 Å². The molecule has 0 aromatic rings. The third-order valence-corrected chi connectivity index (χ3v) is 2.48. The fourth-order valence-corrected chi connectivity index (χ4v) is 1.50. The zero-order chi connectivity index (χ0) is 8.39. The van der Waals surface area contributed by atoms with E-state index in [2.05, 4.69) is 5.32 Å². The van der Waals surface area contributed by atoms with Gasteiger partial charge in [-0.05, 0) is 38.8 Å². The zero-order valence-electron chi connectivity index (χ0n) is 7.21. The van der Waals surface area contributed by atoms with Gasteiger partial charge in [-0.15, -0.1) is 0 Å². The molecular formula is C9H15NO2. The second kappa shape index (κ2) is 3.44. The topological polar surface area (TPSA) is 38.3 Å². The van der Waals surface area contributed by atoms with Crippen LogP contribution in [-0.2, 0) is 9.53 Å². The van der Waals surface area contributed by atoms with Crippen molar-refractivity contribution in [2.24, 2.45) is 5.92 Å². The molecule has 0 aromatic heterocycles. The molecule has 0 atom stereocenters. The Labute approximate surface area is 72.5 Å². The SMILES string of the molecule is O=C(OC1CC1)C1CCNCC1. The summed E-state index contributed by atoms with van der Waals surface area (Å²) < 4.78 is 5.23. The van der Waals surface area contributed by atoms with E-state index < -0.39 is 0 Å². The maximum atomic E-state index is 11.4. The van der Waals surface area contributed by atoms with E-state index in [1.54, 1.807) is 0 Å². The van der Waals surface area contributed by atoms with Crippen molar-refractivity contribution in [2.45, 2.75) is 31.8 Å². The average Bonchev–Trinajstić information content (AvgIpc) is 2.90. The third kappa shape index (κ3) is 1.97. The Hall–Kier alpha value is -0.570. The number of carbonyl (C=O) groups is 1. The van der Waals surface area contributed by atoms with Gasteiger partial charge in [-0.3, -0.25) is 4.79 Å². The van der Waals surface area contributed by atoms with Gasteiger partial charge in [-0.1, -0.05) is 0 Å². The van der Waals surface area contributed by atoms with Crippen molar-refractivity contribution in [3.05, 3.63) is 0 Å². The van der Waals surface area contributed by atoms with Crippen LogP contribution in [0, 0.1) is 5.92 Å². The second-order valence-electron chi connectivity index (χ2n) is 3.66. The molecule has 0 bridgehead atoms. The van der Waals surface area contributed by atoms with Gasteiger partial charge in [-0.2, -0.15) is 0 Å². The van der Waals surface area contributed by atoms with E-state index >= 15 is 0 Å². The monoisotopic (exact) mass is 169 g/mol. The molecule has 1 saturated heterocycles. The van der Waals surface area contributed by atoms with Gasteiger partial charge in [0.25, 0.3) is 0 Å². The fourth-order valence-electron chi connectivity index (χ4n) is 1.50. The van der Waals surface area contributed by atoms with Crippen LogP contribution in [0.25, 0.3) is 0 Å². The molecule has 12 heavy (non-hydrogen) atoms. The minimum absolute atomic E-state index is 0.0407. The summed E-state index contributed by atoms with van der Waals surface area (Å²) >= 11 is 0. The summed E-state index contributed by atoms with van der Waals surface area (Å²) in [6.45, 7) is 1.93. The molecule has 0 unspecified atom stereocenters. The molecule has 2 fully saturated rings. The summed E-state index contributed by atoms with van der Waals surface area (Å²) in [5.41, 5.74) is 0. The average molecular weight is 169 g/mol. The van der Waals surface area contributed by atoms with Crippen molar-refractivity contribution in [3.63, 3.8) is 0 Å². The molecule has 1 saturated carbocycles. The Bertz CT molecular complexity index is 171. The molecule has 0 spiro atoms. The normalized spacial score (nSPS) is 25.3. The van der Waals surface area contributed by atoms with E-state index in [0.29, 0.717) is 0 Å². The van der Waals surface area contributed by atoms with E-state index in [0.717, 1.165) is 38.8 Å². The molecule has 1 heterocycles. The van der Waals surface area contributed by atoms with Crippen LogP contribution in [0.4, 0.5) is 0 Å². The van der Waals surface area contributed by atoms with Crippen molar-refractivity contribution in [1.82, 2.24) is 5.32 Å². The number of carbonyl (C=O) groups excluding carboxylic acids is 1. The molecule has 2 aliphatic rings. The van der Waals surface area contributed by atoms with Gasteiger partial charge in [0, 0.05) is 0 Å². The summed E-state index contributed by atoms with van der Waals surface area (Å²) in [6.07, 6.45) is 4.33. The lowest BCUT2D eigenvalue weighted by atomic mass is 9.99. The number of rotatable bonds is 2. The molecule has 68 valence electrons. The first-order valence-electron chi connectivity index (χ1n) is 4.77. The van der Waals surface area contributed by atoms with Gasteiger partial charge in [0.15, 0.2) is 0 Å². The second-order valence-corrected chi connectivity index (χ2v) is 3.66. The van der Waals surface area contributed by atoms with E-state index in [1.165, 1.54) is 0 Å². The maximum absolute atomic E-state index is 11.4. The van der Waals surface area contributed by atoms with Crippen molar-refractivity contribution in [2.75, 3.05) is 13.1 Å². The quantitative estimate of drug-likeness (QED) is 0.618. The molecule has 2 rings (SSSR count). The number of hydrogen-bond acceptors (Lipinski definition) is 3. The number of nitrogens with one attached hydrogen (secondary N) is 1. The van der Waals surface area contributed by atoms with Gasteiger partial charge in [-0.25, -0.2) is 0 Å². The molecule has 1 N–H and O–H groups in total. The van der Waals surface area contributed by atoms with Crippen molar-refractivity contribution >= 4 is 5.97 Å². The molecule has 0 amide bonds. The first-order chi connectivity index (χ1) is 5.86. The highest BCUT2D eigenvalue weighted by atomic mass is 16.5. The Morgan fingerprint density at radius 2 is 1.83 bits per heavy atom. The minimum Gasteiger partial charge on any atom is -0.462 e. The molecule has 1 aliphatic heterocycles. The molecule has 0 radical (unpaired) electrons. The van der Waals surface area contributed by atoms with Gasteiger partial charge in [0.05, 0.1) is 5.92 Å². The van der Waals surface area contributed by atoms with E-state index in [1.807, 2.05) is 0 Å². The third-order valence-electron chi connectivity index (χ3n) is 2.48. The van der Waals surface area contributed by atoms with Crippen molar-refractivity contribution in [1.29, 1.82) is 0 Å². The summed E-state index contributed by atoms with van der Waals surface area (Å²) in [7, 11) is 0. The first-order valence-corrected chi connectivity index (χ1v) is 4.77. The van der Waals surface area contributed by atoms with E-state index in [9.17, 15) is 4.79 Å². The lowest BCUT2D eigenvalue weighted by Gasteiger charge is -2.20. The van der Waals surface area contributed by atoms with Crippen LogP contribution in [-0.4, -0.2) is 25.2 Å². The molecule has 3 nitrogen and oxygen atoms in total. The highest BCUT2D eigenvalue weighted by Crippen LogP contribution is 2.26. The Morgan fingerprint density at radius 3 is 2.42 bits per heavy atom. The lowest BCUT2D eigenvalue weighted by molar-refractivity contribution is -0.150. The van der Waals surface area contributed by atoms with Crippen LogP contribution in [0.5, 0.6) is 0 Å². The smallest absolute Gasteiger partial charge is 0.309 e. The first kappa shape index (κ1) is 8.05. The van der Waals surface area contributed by atoms with Crippen LogP contribution < -0.4 is 5.32 Å². The zero-order valence-corrected chi connectivity index (χ0v) is 7.21. The van der Waals surface area contributed by atoms with E-state index in [4.69, 9.17) is 4.74 Å². The number of hydrogen-bond donors (Lipinski definition) is 1. The summed E-state index contributed by atoms with van der Waals surface area (Å²) in [5.74, 6) is 0.214. The van der Waals surface area contributed by atoms with Crippen molar-refractivity contribution < 1.29 is 9.53 Å². The Morgan fingerprint density at radius 1 is 1.17 bits per heavy atom. The van der Waals surface area contributed by atoms with Crippen molar-refractivity contribution in [3.8, 4) is 0 Å². The lowest BCUT2D eigenvalue weighted by Crippen LogP contribution is -2.33. The van der Waals surface area contributed by atoms with Crippen LogP contribution in [0.15, 0.2) is 0 Å². The van der Waals surface area contributed by atoms with Gasteiger partial charge < -0.3 is 10.1 Å². The fraction of sp³-hybridized carbons (Fsp3) is 0.889. The number of piperidine rings is 1. The molecule has 1 aliphatic carbocycles. The number of ether oxygens (including phenoxy) is 1. The van der Waals surface area contributed by atoms with Gasteiger partial charge >= 0.3 is 5.97 Å². The van der Waals surface area contributed by atoms with Crippen LogP contribution in [0.2, 0.25) is 0 Å². The largest absolute Gasteiger partial charge is 0.462 e. The van der Waals surface area contributed by atoms with Crippen LogP contribution >= 0.6 is 0 Å². The van der Waals surface area contributed by atoms with Crippen LogP contribution in [0.1, 0.15) is 25.7 Å². The Kier molecular flexibility index (Phi) is 2.30. The summed E-state index contributed by atoms with van der Waals surface area (Å²) in [4.78, 5) is 11.4. The standard InChI is InChI=1S/C9H15NO2/c11-9(12-8-1-2-8)7-3-5-10-6-4-7/h7-8,10H,1-6H2. The van der Waals surface area contributed by atoms with Gasteiger partial charge in [0.1, 0.15) is 6.10 Å². The molecule has 3 heteroatoms. The highest BCUT2D eigenvalue weighted by molar-refractivity contribution is 5.72. The molecular weight excluding hydrogens is 154 g/mol. The predicted molar refractivity (Wildman–Crippen MR) is 44.7 cm³/mol. The Balaban J connectivity index is 1.76. The summed E-state index contributed by atoms with van der Waals surface area (Å²) in [6, 6.07) is 0. The highest BCUT2D eigenvalue weighted by Gasteiger charge is 2.30. The summed E-state index contributed by atoms with van der Waals surface area (Å²) in [5, 5.41) is 3.23. The number of esters is 1. The minimum atomic E-state index is 0.0407. The maximum Gasteiger partial charge on any atom is 0.309 e. The predicted octanol–water partition coefficient (Wildman–Crippen LogP) is 0.692. The van der Waals surface area contributed by atoms with E-state index in [-0.39, 0.29) is 18.0 Å². The molecule has 0 aromatic carbocycles.